The predicted octanol–water partition coefficient (Wildman–Crippen LogP) is 1.34. The van der Waals surface area contributed by atoms with Crippen LogP contribution in [0.4, 0.5) is 0 Å². The van der Waals surface area contributed by atoms with Crippen LogP contribution < -0.4 is 0 Å². The summed E-state index contributed by atoms with van der Waals surface area (Å²) >= 11 is 0. The zero-order valence-electron chi connectivity index (χ0n) is 7.99. The predicted molar refractivity (Wildman–Crippen MR) is 47.7 cm³/mol. The number of ether oxygens (including phenoxy) is 1. The fraction of sp³-hybridized carbons (Fsp3) is 0.800. The molecule has 0 unspecified atom stereocenters. The summed E-state index contributed by atoms with van der Waals surface area (Å²) in [5.41, 5.74) is -1.17. The first-order valence-corrected chi connectivity index (χ1v) is 5.10. The summed E-state index contributed by atoms with van der Waals surface area (Å²) in [5, 5.41) is 8.93. The standard InChI is InChI=1S/C10H14O4/c11-8(7-3-1-4-7)14-10(9(12)13)5-2-6-10/h7H,1-6H2,(H,12,13). The second kappa shape index (κ2) is 3.26. The Morgan fingerprint density at radius 2 is 1.86 bits per heavy atom. The van der Waals surface area contributed by atoms with E-state index in [1.54, 1.807) is 0 Å². The number of carboxylic acid groups (broad SMARTS) is 1. The lowest BCUT2D eigenvalue weighted by Gasteiger charge is -2.38. The van der Waals surface area contributed by atoms with E-state index >= 15 is 0 Å². The normalized spacial score (nSPS) is 24.6. The summed E-state index contributed by atoms with van der Waals surface area (Å²) in [4.78, 5) is 22.3. The molecule has 0 aromatic rings. The Morgan fingerprint density at radius 3 is 2.14 bits per heavy atom. The van der Waals surface area contributed by atoms with Gasteiger partial charge < -0.3 is 9.84 Å². The Balaban J connectivity index is 1.94. The zero-order chi connectivity index (χ0) is 10.2. The van der Waals surface area contributed by atoms with Crippen molar-refractivity contribution in [3.8, 4) is 0 Å². The lowest BCUT2D eigenvalue weighted by atomic mass is 9.79. The Morgan fingerprint density at radius 1 is 1.21 bits per heavy atom. The lowest BCUT2D eigenvalue weighted by molar-refractivity contribution is -0.193. The molecule has 2 aliphatic rings. The molecule has 4 nitrogen and oxygen atoms in total. The van der Waals surface area contributed by atoms with Crippen molar-refractivity contribution in [2.24, 2.45) is 5.92 Å². The van der Waals surface area contributed by atoms with Crippen LogP contribution in [0.15, 0.2) is 0 Å². The van der Waals surface area contributed by atoms with Gasteiger partial charge in [0.2, 0.25) is 5.60 Å². The van der Waals surface area contributed by atoms with Gasteiger partial charge in [0.15, 0.2) is 0 Å². The van der Waals surface area contributed by atoms with Gasteiger partial charge in [0.05, 0.1) is 5.92 Å². The van der Waals surface area contributed by atoms with Crippen LogP contribution in [0.1, 0.15) is 38.5 Å². The second-order valence-corrected chi connectivity index (χ2v) is 4.20. The van der Waals surface area contributed by atoms with E-state index in [1.165, 1.54) is 0 Å². The molecule has 2 fully saturated rings. The monoisotopic (exact) mass is 198 g/mol. The molecule has 2 saturated carbocycles. The van der Waals surface area contributed by atoms with Crippen molar-refractivity contribution in [2.75, 3.05) is 0 Å². The fourth-order valence-corrected chi connectivity index (χ4v) is 1.78. The third-order valence-electron chi connectivity index (χ3n) is 3.29. The fourth-order valence-electron chi connectivity index (χ4n) is 1.78. The van der Waals surface area contributed by atoms with Crippen LogP contribution in [0, 0.1) is 5.92 Å². The molecule has 78 valence electrons. The van der Waals surface area contributed by atoms with Crippen LogP contribution in [0.2, 0.25) is 0 Å². The maximum absolute atomic E-state index is 11.5. The molecule has 0 heterocycles. The van der Waals surface area contributed by atoms with Crippen molar-refractivity contribution in [3.63, 3.8) is 0 Å². The number of carbonyl (C=O) groups is 2. The molecule has 4 heteroatoms. The largest absolute Gasteiger partial charge is 0.478 e. The van der Waals surface area contributed by atoms with E-state index in [4.69, 9.17) is 9.84 Å². The maximum atomic E-state index is 11.5. The summed E-state index contributed by atoms with van der Waals surface area (Å²) in [6.45, 7) is 0. The minimum atomic E-state index is -1.17. The highest BCUT2D eigenvalue weighted by molar-refractivity contribution is 5.83. The van der Waals surface area contributed by atoms with Gasteiger partial charge in [0.1, 0.15) is 0 Å². The number of hydrogen-bond acceptors (Lipinski definition) is 3. The highest BCUT2D eigenvalue weighted by atomic mass is 16.6. The average molecular weight is 198 g/mol. The summed E-state index contributed by atoms with van der Waals surface area (Å²) in [6, 6.07) is 0. The average Bonchev–Trinajstić information content (AvgIpc) is 1.92. The van der Waals surface area contributed by atoms with Gasteiger partial charge in [-0.2, -0.15) is 0 Å². The SMILES string of the molecule is O=C(OC1(C(=O)O)CCC1)C1CCC1. The van der Waals surface area contributed by atoms with Gasteiger partial charge in [-0.25, -0.2) is 4.79 Å². The number of carboxylic acids is 1. The van der Waals surface area contributed by atoms with Gasteiger partial charge in [-0.3, -0.25) is 4.79 Å². The molecule has 0 aliphatic heterocycles. The first-order chi connectivity index (χ1) is 6.64. The quantitative estimate of drug-likeness (QED) is 0.695. The third kappa shape index (κ3) is 1.38. The number of aliphatic carboxylic acids is 1. The maximum Gasteiger partial charge on any atom is 0.348 e. The van der Waals surface area contributed by atoms with Crippen molar-refractivity contribution in [1.82, 2.24) is 0 Å². The topological polar surface area (TPSA) is 63.6 Å². The molecule has 0 bridgehead atoms. The number of rotatable bonds is 3. The Kier molecular flexibility index (Phi) is 2.21. The summed E-state index contributed by atoms with van der Waals surface area (Å²) in [6.07, 6.45) is 4.55. The lowest BCUT2D eigenvalue weighted by Crippen LogP contribution is -2.50. The molecular weight excluding hydrogens is 184 g/mol. The van der Waals surface area contributed by atoms with Gasteiger partial charge in [-0.1, -0.05) is 6.42 Å². The molecule has 2 rings (SSSR count). The first-order valence-electron chi connectivity index (χ1n) is 5.10. The van der Waals surface area contributed by atoms with E-state index in [2.05, 4.69) is 0 Å². The smallest absolute Gasteiger partial charge is 0.348 e. The van der Waals surface area contributed by atoms with E-state index in [0.29, 0.717) is 12.8 Å². The number of hydrogen-bond donors (Lipinski definition) is 1. The van der Waals surface area contributed by atoms with Crippen LogP contribution in [-0.4, -0.2) is 22.6 Å². The van der Waals surface area contributed by atoms with E-state index in [1.807, 2.05) is 0 Å². The Hall–Kier alpha value is -1.06. The highest BCUT2D eigenvalue weighted by Crippen LogP contribution is 2.38. The molecule has 14 heavy (non-hydrogen) atoms. The van der Waals surface area contributed by atoms with Crippen LogP contribution >= 0.6 is 0 Å². The van der Waals surface area contributed by atoms with Crippen LogP contribution in [0.3, 0.4) is 0 Å². The highest BCUT2D eigenvalue weighted by Gasteiger charge is 2.49. The summed E-state index contributed by atoms with van der Waals surface area (Å²) in [5.74, 6) is -1.33. The Bertz CT molecular complexity index is 263. The van der Waals surface area contributed by atoms with Crippen molar-refractivity contribution < 1.29 is 19.4 Å². The third-order valence-corrected chi connectivity index (χ3v) is 3.29. The first kappa shape index (κ1) is 9.49. The summed E-state index contributed by atoms with van der Waals surface area (Å²) in [7, 11) is 0. The minimum Gasteiger partial charge on any atom is -0.478 e. The van der Waals surface area contributed by atoms with E-state index in [0.717, 1.165) is 25.7 Å². The van der Waals surface area contributed by atoms with Crippen molar-refractivity contribution in [1.29, 1.82) is 0 Å². The number of carbonyl (C=O) groups excluding carboxylic acids is 1. The molecule has 0 amide bonds. The van der Waals surface area contributed by atoms with Gasteiger partial charge in [-0.05, 0) is 32.1 Å². The summed E-state index contributed by atoms with van der Waals surface area (Å²) < 4.78 is 5.10. The van der Waals surface area contributed by atoms with Crippen molar-refractivity contribution in [3.05, 3.63) is 0 Å². The van der Waals surface area contributed by atoms with Crippen molar-refractivity contribution in [2.45, 2.75) is 44.1 Å². The van der Waals surface area contributed by atoms with Crippen LogP contribution in [-0.2, 0) is 14.3 Å². The van der Waals surface area contributed by atoms with E-state index in [9.17, 15) is 9.59 Å². The van der Waals surface area contributed by atoms with Crippen LogP contribution in [0.25, 0.3) is 0 Å². The molecule has 1 N–H and O–H groups in total. The second-order valence-electron chi connectivity index (χ2n) is 4.20. The minimum absolute atomic E-state index is 0.0353. The zero-order valence-corrected chi connectivity index (χ0v) is 7.99. The molecular formula is C10H14O4. The van der Waals surface area contributed by atoms with Gasteiger partial charge in [0.25, 0.3) is 0 Å². The molecule has 2 aliphatic carbocycles. The van der Waals surface area contributed by atoms with E-state index < -0.39 is 11.6 Å². The van der Waals surface area contributed by atoms with Gasteiger partial charge in [-0.15, -0.1) is 0 Å². The molecule has 0 spiro atoms. The Labute approximate surface area is 82.2 Å². The molecule has 0 radical (unpaired) electrons. The molecule has 0 saturated heterocycles. The van der Waals surface area contributed by atoms with Crippen LogP contribution in [0.5, 0.6) is 0 Å². The van der Waals surface area contributed by atoms with Gasteiger partial charge >= 0.3 is 11.9 Å². The van der Waals surface area contributed by atoms with E-state index in [-0.39, 0.29) is 11.9 Å². The van der Waals surface area contributed by atoms with Gasteiger partial charge in [0, 0.05) is 0 Å². The molecule has 0 atom stereocenters. The molecule has 0 aromatic heterocycles. The number of esters is 1. The molecule has 0 aromatic carbocycles. The van der Waals surface area contributed by atoms with Crippen molar-refractivity contribution >= 4 is 11.9 Å².